The van der Waals surface area contributed by atoms with E-state index in [4.69, 9.17) is 0 Å². The lowest BCUT2D eigenvalue weighted by Gasteiger charge is -2.36. The summed E-state index contributed by atoms with van der Waals surface area (Å²) in [5, 5.41) is 3.31. The van der Waals surface area contributed by atoms with Gasteiger partial charge in [0.25, 0.3) is 0 Å². The molecule has 6 heteroatoms. The lowest BCUT2D eigenvalue weighted by molar-refractivity contribution is -0.138. The fourth-order valence-corrected chi connectivity index (χ4v) is 3.39. The number of rotatable bonds is 6. The maximum Gasteiger partial charge on any atom is 0.416 e. The van der Waals surface area contributed by atoms with Crippen molar-refractivity contribution in [3.63, 3.8) is 0 Å². The number of piperidine rings is 1. The second kappa shape index (κ2) is 8.70. The van der Waals surface area contributed by atoms with Crippen molar-refractivity contribution in [1.82, 2.24) is 10.2 Å². The highest BCUT2D eigenvalue weighted by Crippen LogP contribution is 2.29. The fourth-order valence-electron chi connectivity index (χ4n) is 3.39. The number of carbonyl (C=O) groups is 1. The standard InChI is InChI=1S/C19H27F3N2O/c1-3-12-24(17-8-10-23-11-9-17)18(25)14(2)13-15-4-6-16(7-5-15)19(20,21)22/h4-7,14,17,23H,3,8-13H2,1-2H3. The van der Waals surface area contributed by atoms with E-state index in [0.29, 0.717) is 6.42 Å². The summed E-state index contributed by atoms with van der Waals surface area (Å²) in [4.78, 5) is 14.9. The summed E-state index contributed by atoms with van der Waals surface area (Å²) in [6.45, 7) is 6.50. The van der Waals surface area contributed by atoms with E-state index < -0.39 is 11.7 Å². The minimum atomic E-state index is -4.33. The van der Waals surface area contributed by atoms with Crippen molar-refractivity contribution in [2.45, 2.75) is 51.7 Å². The molecule has 0 aliphatic carbocycles. The zero-order valence-corrected chi connectivity index (χ0v) is 14.9. The number of hydrogen-bond donors (Lipinski definition) is 1. The molecule has 1 heterocycles. The van der Waals surface area contributed by atoms with E-state index in [1.54, 1.807) is 0 Å². The Morgan fingerprint density at radius 1 is 1.24 bits per heavy atom. The number of hydrogen-bond acceptors (Lipinski definition) is 2. The van der Waals surface area contributed by atoms with Crippen LogP contribution in [0.15, 0.2) is 24.3 Å². The first kappa shape index (κ1) is 19.8. The summed E-state index contributed by atoms with van der Waals surface area (Å²) in [6, 6.07) is 5.39. The number of amides is 1. The number of alkyl halides is 3. The average Bonchev–Trinajstić information content (AvgIpc) is 2.59. The van der Waals surface area contributed by atoms with E-state index in [1.807, 2.05) is 11.8 Å². The van der Waals surface area contributed by atoms with Crippen molar-refractivity contribution in [3.05, 3.63) is 35.4 Å². The lowest BCUT2D eigenvalue weighted by atomic mass is 9.96. The van der Waals surface area contributed by atoms with Crippen LogP contribution in [0.4, 0.5) is 13.2 Å². The molecule has 1 amide bonds. The van der Waals surface area contributed by atoms with Gasteiger partial charge in [-0.15, -0.1) is 0 Å². The third-order valence-electron chi connectivity index (χ3n) is 4.74. The predicted molar refractivity (Wildman–Crippen MR) is 92.2 cm³/mol. The van der Waals surface area contributed by atoms with Crippen LogP contribution in [0.3, 0.4) is 0 Å². The molecule has 0 saturated carbocycles. The number of halogens is 3. The average molecular weight is 356 g/mol. The van der Waals surface area contributed by atoms with Crippen molar-refractivity contribution in [2.24, 2.45) is 5.92 Å². The van der Waals surface area contributed by atoms with E-state index in [2.05, 4.69) is 12.2 Å². The smallest absolute Gasteiger partial charge is 0.339 e. The Hall–Kier alpha value is -1.56. The van der Waals surface area contributed by atoms with Crippen LogP contribution in [0, 0.1) is 5.92 Å². The third-order valence-corrected chi connectivity index (χ3v) is 4.74. The SMILES string of the molecule is CCCN(C(=O)C(C)Cc1ccc(C(F)(F)F)cc1)C1CCNCC1. The van der Waals surface area contributed by atoms with Crippen LogP contribution in [-0.4, -0.2) is 36.5 Å². The van der Waals surface area contributed by atoms with E-state index in [-0.39, 0.29) is 17.9 Å². The van der Waals surface area contributed by atoms with Gasteiger partial charge in [0.1, 0.15) is 0 Å². The lowest BCUT2D eigenvalue weighted by Crippen LogP contribution is -2.48. The Kier molecular flexibility index (Phi) is 6.87. The van der Waals surface area contributed by atoms with Crippen LogP contribution in [0.2, 0.25) is 0 Å². The molecule has 0 bridgehead atoms. The van der Waals surface area contributed by atoms with Crippen molar-refractivity contribution in [3.8, 4) is 0 Å². The molecule has 2 rings (SSSR count). The molecule has 1 aliphatic rings. The highest BCUT2D eigenvalue weighted by atomic mass is 19.4. The van der Waals surface area contributed by atoms with Gasteiger partial charge >= 0.3 is 6.18 Å². The number of nitrogens with one attached hydrogen (secondary N) is 1. The normalized spacial score (nSPS) is 17.3. The molecule has 1 aromatic carbocycles. The van der Waals surface area contributed by atoms with E-state index in [0.717, 1.165) is 56.6 Å². The molecular weight excluding hydrogens is 329 g/mol. The van der Waals surface area contributed by atoms with Gasteiger partial charge in [-0.1, -0.05) is 26.0 Å². The molecule has 1 atom stereocenters. The van der Waals surface area contributed by atoms with Gasteiger partial charge in [-0.05, 0) is 56.5 Å². The molecule has 1 aromatic rings. The Morgan fingerprint density at radius 2 is 1.84 bits per heavy atom. The fraction of sp³-hybridized carbons (Fsp3) is 0.632. The van der Waals surface area contributed by atoms with E-state index >= 15 is 0 Å². The number of carbonyl (C=O) groups excluding carboxylic acids is 1. The second-order valence-corrected chi connectivity index (χ2v) is 6.81. The summed E-state index contributed by atoms with van der Waals surface area (Å²) in [5.74, 6) is -0.133. The first-order chi connectivity index (χ1) is 11.8. The molecule has 1 fully saturated rings. The molecule has 0 spiro atoms. The number of benzene rings is 1. The first-order valence-corrected chi connectivity index (χ1v) is 9.00. The molecule has 140 valence electrons. The molecule has 1 N–H and O–H groups in total. The highest BCUT2D eigenvalue weighted by Gasteiger charge is 2.31. The van der Waals surface area contributed by atoms with Gasteiger partial charge in [-0.25, -0.2) is 0 Å². The van der Waals surface area contributed by atoms with Crippen molar-refractivity contribution >= 4 is 5.91 Å². The van der Waals surface area contributed by atoms with Crippen LogP contribution in [0.25, 0.3) is 0 Å². The van der Waals surface area contributed by atoms with Crippen molar-refractivity contribution in [2.75, 3.05) is 19.6 Å². The molecule has 3 nitrogen and oxygen atoms in total. The summed E-state index contributed by atoms with van der Waals surface area (Å²) in [6.07, 6.45) is -1.05. The summed E-state index contributed by atoms with van der Waals surface area (Å²) >= 11 is 0. The van der Waals surface area contributed by atoms with Gasteiger partial charge in [0, 0.05) is 18.5 Å². The van der Waals surface area contributed by atoms with Gasteiger partial charge < -0.3 is 10.2 Å². The maximum atomic E-state index is 12.9. The van der Waals surface area contributed by atoms with E-state index in [9.17, 15) is 18.0 Å². The quantitative estimate of drug-likeness (QED) is 0.839. The van der Waals surface area contributed by atoms with Crippen LogP contribution < -0.4 is 5.32 Å². The van der Waals surface area contributed by atoms with Crippen LogP contribution in [-0.2, 0) is 17.4 Å². The summed E-state index contributed by atoms with van der Waals surface area (Å²) in [5.41, 5.74) is 0.105. The van der Waals surface area contributed by atoms with E-state index in [1.165, 1.54) is 12.1 Å². The molecule has 1 aliphatic heterocycles. The predicted octanol–water partition coefficient (Wildman–Crippen LogP) is 3.87. The summed E-state index contributed by atoms with van der Waals surface area (Å²) < 4.78 is 37.9. The Bertz CT molecular complexity index is 551. The Balaban J connectivity index is 2.01. The minimum Gasteiger partial charge on any atom is -0.339 e. The monoisotopic (exact) mass is 356 g/mol. The van der Waals surface area contributed by atoms with Crippen LogP contribution in [0.1, 0.15) is 44.2 Å². The summed E-state index contributed by atoms with van der Waals surface area (Å²) in [7, 11) is 0. The first-order valence-electron chi connectivity index (χ1n) is 9.00. The molecule has 1 unspecified atom stereocenters. The van der Waals surface area contributed by atoms with Crippen LogP contribution >= 0.6 is 0 Å². The van der Waals surface area contributed by atoms with Crippen LogP contribution in [0.5, 0.6) is 0 Å². The molecular formula is C19H27F3N2O. The topological polar surface area (TPSA) is 32.3 Å². The largest absolute Gasteiger partial charge is 0.416 e. The minimum absolute atomic E-state index is 0.105. The number of nitrogens with zero attached hydrogens (tertiary/aromatic N) is 1. The second-order valence-electron chi connectivity index (χ2n) is 6.81. The molecule has 1 saturated heterocycles. The van der Waals surface area contributed by atoms with Gasteiger partial charge in [-0.3, -0.25) is 4.79 Å². The zero-order valence-electron chi connectivity index (χ0n) is 14.9. The third kappa shape index (κ3) is 5.46. The van der Waals surface area contributed by atoms with Gasteiger partial charge in [-0.2, -0.15) is 13.2 Å². The van der Waals surface area contributed by atoms with Crippen molar-refractivity contribution < 1.29 is 18.0 Å². The highest BCUT2D eigenvalue weighted by molar-refractivity contribution is 5.79. The molecule has 0 radical (unpaired) electrons. The zero-order chi connectivity index (χ0) is 18.4. The maximum absolute atomic E-state index is 12.9. The van der Waals surface area contributed by atoms with Gasteiger partial charge in [0.15, 0.2) is 0 Å². The van der Waals surface area contributed by atoms with Gasteiger partial charge in [0.2, 0.25) is 5.91 Å². The molecule has 25 heavy (non-hydrogen) atoms. The van der Waals surface area contributed by atoms with Crippen molar-refractivity contribution in [1.29, 1.82) is 0 Å². The van der Waals surface area contributed by atoms with Gasteiger partial charge in [0.05, 0.1) is 5.56 Å². The Morgan fingerprint density at radius 3 is 2.36 bits per heavy atom. The Labute approximate surface area is 147 Å². The molecule has 0 aromatic heterocycles.